The van der Waals surface area contributed by atoms with Crippen LogP contribution in [0.15, 0.2) is 0 Å². The van der Waals surface area contributed by atoms with Crippen LogP contribution in [0, 0.1) is 0 Å². The molecule has 0 bridgehead atoms. The topological polar surface area (TPSA) is 26.3 Å². The minimum atomic E-state index is -0.329. The molecule has 2 nitrogen and oxygen atoms in total. The summed E-state index contributed by atoms with van der Waals surface area (Å²) in [4.78, 5) is 9.54. The predicted octanol–water partition coefficient (Wildman–Crippen LogP) is 0.857. The monoisotopic (exact) mass is 202 g/mol. The van der Waals surface area contributed by atoms with Crippen LogP contribution in [0.25, 0.3) is 0 Å². The third kappa shape index (κ3) is 8.82. The van der Waals surface area contributed by atoms with Crippen molar-refractivity contribution in [3.8, 4) is 0 Å². The fourth-order valence-electron chi connectivity index (χ4n) is 0. The standard InChI is InChI=1S/C2H3BrO2.Zn/c1-2(4)5-3;/h1H3;. The Morgan fingerprint density at radius 2 is 2.00 bits per heavy atom. The zero-order valence-corrected chi connectivity index (χ0v) is 7.95. The summed E-state index contributed by atoms with van der Waals surface area (Å²) in [6.07, 6.45) is 0. The first-order chi connectivity index (χ1) is 2.27. The molecular weight excluding hydrogens is 201 g/mol. The molecule has 0 aliphatic heterocycles. The maximum Gasteiger partial charge on any atom is 0.314 e. The maximum absolute atomic E-state index is 9.54. The zero-order valence-electron chi connectivity index (χ0n) is 3.40. The Kier molecular flexibility index (Phi) is 9.07. The van der Waals surface area contributed by atoms with Gasteiger partial charge >= 0.3 is 5.97 Å². The molecule has 0 aromatic rings. The van der Waals surface area contributed by atoms with Gasteiger partial charge in [-0.15, -0.1) is 0 Å². The van der Waals surface area contributed by atoms with E-state index in [9.17, 15) is 4.79 Å². The molecule has 0 aliphatic carbocycles. The molecule has 32 valence electrons. The second-order valence-corrected chi connectivity index (χ2v) is 0.892. The van der Waals surface area contributed by atoms with E-state index < -0.39 is 0 Å². The molecule has 0 heterocycles. The van der Waals surface area contributed by atoms with Crippen LogP contribution < -0.4 is 0 Å². The van der Waals surface area contributed by atoms with E-state index in [1.54, 1.807) is 0 Å². The number of halogens is 1. The van der Waals surface area contributed by atoms with Crippen LogP contribution in [0.2, 0.25) is 0 Å². The van der Waals surface area contributed by atoms with Crippen molar-refractivity contribution in [2.45, 2.75) is 6.92 Å². The van der Waals surface area contributed by atoms with Crippen LogP contribution in [0.5, 0.6) is 0 Å². The van der Waals surface area contributed by atoms with E-state index in [4.69, 9.17) is 0 Å². The Bertz CT molecular complexity index is 46.8. The van der Waals surface area contributed by atoms with E-state index in [-0.39, 0.29) is 25.4 Å². The number of rotatable bonds is 0. The molecule has 4 heteroatoms. The van der Waals surface area contributed by atoms with Crippen molar-refractivity contribution < 1.29 is 28.1 Å². The third-order valence-corrected chi connectivity index (χ3v) is 0.565. The van der Waals surface area contributed by atoms with Crippen LogP contribution in [0.4, 0.5) is 0 Å². The van der Waals surface area contributed by atoms with Crippen molar-refractivity contribution in [3.05, 3.63) is 0 Å². The number of carbonyl (C=O) groups excluding carboxylic acids is 1. The first-order valence-electron chi connectivity index (χ1n) is 1.06. The minimum absolute atomic E-state index is 0. The van der Waals surface area contributed by atoms with Crippen molar-refractivity contribution >= 4 is 22.2 Å². The number of carbonyl (C=O) groups is 1. The van der Waals surface area contributed by atoms with E-state index in [1.165, 1.54) is 6.92 Å². The molecule has 0 atom stereocenters. The molecular formula is C2H3BrO2Zn. The first-order valence-corrected chi connectivity index (χ1v) is 1.71. The molecule has 0 aromatic heterocycles. The predicted molar refractivity (Wildman–Crippen MR) is 20.7 cm³/mol. The maximum atomic E-state index is 9.54. The Morgan fingerprint density at radius 3 is 2.00 bits per heavy atom. The van der Waals surface area contributed by atoms with Gasteiger partial charge in [-0.25, -0.2) is 0 Å². The van der Waals surface area contributed by atoms with Crippen molar-refractivity contribution in [2.24, 2.45) is 0 Å². The summed E-state index contributed by atoms with van der Waals surface area (Å²) in [5, 5.41) is 0. The van der Waals surface area contributed by atoms with Gasteiger partial charge in [0.15, 0.2) is 16.3 Å². The quantitative estimate of drug-likeness (QED) is 0.547. The van der Waals surface area contributed by atoms with E-state index in [2.05, 4.69) is 20.1 Å². The van der Waals surface area contributed by atoms with Crippen LogP contribution in [-0.4, -0.2) is 5.97 Å². The van der Waals surface area contributed by atoms with Crippen LogP contribution in [-0.2, 0) is 28.1 Å². The van der Waals surface area contributed by atoms with E-state index >= 15 is 0 Å². The summed E-state index contributed by atoms with van der Waals surface area (Å²) in [5.74, 6) is -0.329. The van der Waals surface area contributed by atoms with Crippen molar-refractivity contribution in [2.75, 3.05) is 0 Å². The minimum Gasteiger partial charge on any atom is -0.384 e. The fraction of sp³-hybridized carbons (Fsp3) is 0.500. The van der Waals surface area contributed by atoms with Crippen molar-refractivity contribution in [1.82, 2.24) is 0 Å². The zero-order chi connectivity index (χ0) is 4.28. The number of hydrogen-bond donors (Lipinski definition) is 0. The molecule has 0 saturated carbocycles. The molecule has 0 unspecified atom stereocenters. The molecule has 0 saturated heterocycles. The third-order valence-electron chi connectivity index (χ3n) is 0.109. The molecule has 0 N–H and O–H groups in total. The average Bonchev–Trinajstić information content (AvgIpc) is 1.38. The fourth-order valence-corrected chi connectivity index (χ4v) is 0. The van der Waals surface area contributed by atoms with Gasteiger partial charge < -0.3 is 3.83 Å². The molecule has 0 spiro atoms. The molecule has 0 radical (unpaired) electrons. The molecule has 0 aromatic carbocycles. The molecule has 0 fully saturated rings. The SMILES string of the molecule is CC(=O)OBr.[Zn]. The summed E-state index contributed by atoms with van der Waals surface area (Å²) < 4.78 is 3.92. The van der Waals surface area contributed by atoms with Gasteiger partial charge in [0, 0.05) is 26.4 Å². The van der Waals surface area contributed by atoms with Crippen molar-refractivity contribution in [3.63, 3.8) is 0 Å². The second kappa shape index (κ2) is 5.57. The molecule has 0 rings (SSSR count). The van der Waals surface area contributed by atoms with E-state index in [0.29, 0.717) is 0 Å². The van der Waals surface area contributed by atoms with Gasteiger partial charge in [0.25, 0.3) is 0 Å². The van der Waals surface area contributed by atoms with Crippen LogP contribution in [0.1, 0.15) is 6.92 Å². The largest absolute Gasteiger partial charge is 0.384 e. The van der Waals surface area contributed by atoms with Crippen LogP contribution >= 0.6 is 16.3 Å². The number of hydrogen-bond acceptors (Lipinski definition) is 2. The van der Waals surface area contributed by atoms with Gasteiger partial charge in [0.1, 0.15) is 0 Å². The Hall–Kier alpha value is 0.573. The summed E-state index contributed by atoms with van der Waals surface area (Å²) in [6.45, 7) is 1.31. The summed E-state index contributed by atoms with van der Waals surface area (Å²) >= 11 is 2.46. The Morgan fingerprint density at radius 1 is 1.83 bits per heavy atom. The van der Waals surface area contributed by atoms with Gasteiger partial charge in [0.2, 0.25) is 0 Å². The summed E-state index contributed by atoms with van der Waals surface area (Å²) in [5.41, 5.74) is 0. The first kappa shape index (κ1) is 9.76. The van der Waals surface area contributed by atoms with E-state index in [0.717, 1.165) is 0 Å². The summed E-state index contributed by atoms with van der Waals surface area (Å²) in [6, 6.07) is 0. The van der Waals surface area contributed by atoms with Crippen LogP contribution in [0.3, 0.4) is 0 Å². The van der Waals surface area contributed by atoms with Gasteiger partial charge in [-0.05, 0) is 0 Å². The second-order valence-electron chi connectivity index (χ2n) is 0.569. The van der Waals surface area contributed by atoms with Gasteiger partial charge in [-0.1, -0.05) is 0 Å². The van der Waals surface area contributed by atoms with Crippen molar-refractivity contribution in [1.29, 1.82) is 0 Å². The summed E-state index contributed by atoms with van der Waals surface area (Å²) in [7, 11) is 0. The smallest absolute Gasteiger partial charge is 0.314 e. The van der Waals surface area contributed by atoms with E-state index in [1.807, 2.05) is 0 Å². The van der Waals surface area contributed by atoms with Gasteiger partial charge in [-0.2, -0.15) is 0 Å². The van der Waals surface area contributed by atoms with Gasteiger partial charge in [-0.3, -0.25) is 4.79 Å². The Labute approximate surface area is 57.5 Å². The Balaban J connectivity index is 0. The average molecular weight is 204 g/mol. The normalized spacial score (nSPS) is 5.67. The molecule has 6 heavy (non-hydrogen) atoms. The molecule has 0 aliphatic rings. The van der Waals surface area contributed by atoms with Gasteiger partial charge in [0.05, 0.1) is 0 Å². The molecule has 0 amide bonds.